The Morgan fingerprint density at radius 3 is 2.83 bits per heavy atom. The van der Waals surface area contributed by atoms with Crippen molar-refractivity contribution in [3.05, 3.63) is 28.3 Å². The van der Waals surface area contributed by atoms with Crippen LogP contribution in [0.15, 0.2) is 18.2 Å². The molecule has 0 saturated carbocycles. The van der Waals surface area contributed by atoms with E-state index in [0.717, 1.165) is 12.8 Å². The van der Waals surface area contributed by atoms with Gasteiger partial charge in [0.15, 0.2) is 5.75 Å². The zero-order chi connectivity index (χ0) is 13.4. The highest BCUT2D eigenvalue weighted by Gasteiger charge is 2.20. The highest BCUT2D eigenvalue weighted by Crippen LogP contribution is 2.34. The largest absolute Gasteiger partial charge is 0.487 e. The lowest BCUT2D eigenvalue weighted by Crippen LogP contribution is -2.08. The van der Waals surface area contributed by atoms with Gasteiger partial charge >= 0.3 is 5.69 Å². The number of nitrogens with two attached hydrogens (primary N) is 1. The fourth-order valence-electron chi connectivity index (χ4n) is 1.62. The SMILES string of the molecule is CCOc1cccc(NCCCCN)c1[N+](=O)[O-]. The van der Waals surface area contributed by atoms with E-state index in [1.807, 2.05) is 0 Å². The number of hydrogen-bond acceptors (Lipinski definition) is 5. The zero-order valence-electron chi connectivity index (χ0n) is 10.5. The summed E-state index contributed by atoms with van der Waals surface area (Å²) in [5.41, 5.74) is 5.88. The first-order chi connectivity index (χ1) is 8.70. The second-order valence-corrected chi connectivity index (χ2v) is 3.76. The average Bonchev–Trinajstić information content (AvgIpc) is 2.35. The van der Waals surface area contributed by atoms with Crippen LogP contribution in [0.3, 0.4) is 0 Å². The van der Waals surface area contributed by atoms with Crippen molar-refractivity contribution in [1.82, 2.24) is 0 Å². The highest BCUT2D eigenvalue weighted by atomic mass is 16.6. The molecule has 1 rings (SSSR count). The molecule has 1 aromatic carbocycles. The summed E-state index contributed by atoms with van der Waals surface area (Å²) in [7, 11) is 0. The van der Waals surface area contributed by atoms with E-state index in [0.29, 0.717) is 31.1 Å². The highest BCUT2D eigenvalue weighted by molar-refractivity contribution is 5.68. The second-order valence-electron chi connectivity index (χ2n) is 3.76. The van der Waals surface area contributed by atoms with Crippen LogP contribution in [-0.2, 0) is 0 Å². The molecule has 18 heavy (non-hydrogen) atoms. The Kier molecular flexibility index (Phi) is 5.93. The third kappa shape index (κ3) is 3.89. The van der Waals surface area contributed by atoms with Gasteiger partial charge in [-0.3, -0.25) is 10.1 Å². The molecule has 6 nitrogen and oxygen atoms in total. The monoisotopic (exact) mass is 253 g/mol. The number of nitro groups is 1. The number of nitro benzene ring substituents is 1. The molecular weight excluding hydrogens is 234 g/mol. The van der Waals surface area contributed by atoms with E-state index in [2.05, 4.69) is 5.32 Å². The molecule has 0 bridgehead atoms. The van der Waals surface area contributed by atoms with Crippen molar-refractivity contribution >= 4 is 11.4 Å². The van der Waals surface area contributed by atoms with Crippen LogP contribution >= 0.6 is 0 Å². The molecule has 1 aromatic rings. The Labute approximate surface area is 106 Å². The maximum absolute atomic E-state index is 11.1. The van der Waals surface area contributed by atoms with E-state index in [9.17, 15) is 10.1 Å². The normalized spacial score (nSPS) is 10.1. The molecule has 0 aliphatic heterocycles. The topological polar surface area (TPSA) is 90.4 Å². The first kappa shape index (κ1) is 14.2. The summed E-state index contributed by atoms with van der Waals surface area (Å²) in [5.74, 6) is 0.298. The molecule has 100 valence electrons. The standard InChI is InChI=1S/C12H19N3O3/c1-2-18-11-7-5-6-10(12(11)15(16)17)14-9-4-3-8-13/h5-7,14H,2-4,8-9,13H2,1H3. The third-order valence-corrected chi connectivity index (χ3v) is 2.43. The Balaban J connectivity index is 2.82. The Hall–Kier alpha value is -1.82. The van der Waals surface area contributed by atoms with Crippen molar-refractivity contribution in [2.24, 2.45) is 5.73 Å². The number of ether oxygens (including phenoxy) is 1. The maximum atomic E-state index is 11.1. The van der Waals surface area contributed by atoms with Gasteiger partial charge in [0, 0.05) is 6.54 Å². The molecule has 0 aliphatic carbocycles. The molecule has 0 saturated heterocycles. The van der Waals surface area contributed by atoms with Crippen molar-refractivity contribution in [2.45, 2.75) is 19.8 Å². The molecule has 0 unspecified atom stereocenters. The van der Waals surface area contributed by atoms with Crippen LogP contribution < -0.4 is 15.8 Å². The number of para-hydroxylation sites is 1. The van der Waals surface area contributed by atoms with Crippen LogP contribution in [0.2, 0.25) is 0 Å². The lowest BCUT2D eigenvalue weighted by atomic mass is 10.2. The fraction of sp³-hybridized carbons (Fsp3) is 0.500. The molecule has 0 amide bonds. The van der Waals surface area contributed by atoms with Crippen LogP contribution in [0, 0.1) is 10.1 Å². The molecule has 0 aliphatic rings. The van der Waals surface area contributed by atoms with Crippen LogP contribution in [0.25, 0.3) is 0 Å². The van der Waals surface area contributed by atoms with Crippen LogP contribution in [0.5, 0.6) is 5.75 Å². The molecule has 3 N–H and O–H groups in total. The third-order valence-electron chi connectivity index (χ3n) is 2.43. The van der Waals surface area contributed by atoms with Crippen molar-refractivity contribution in [2.75, 3.05) is 25.0 Å². The van der Waals surface area contributed by atoms with Gasteiger partial charge in [-0.15, -0.1) is 0 Å². The Morgan fingerprint density at radius 1 is 1.44 bits per heavy atom. The Morgan fingerprint density at radius 2 is 2.22 bits per heavy atom. The van der Waals surface area contributed by atoms with E-state index in [1.165, 1.54) is 0 Å². The number of benzene rings is 1. The van der Waals surface area contributed by atoms with Gasteiger partial charge in [-0.1, -0.05) is 6.07 Å². The number of rotatable bonds is 8. The Bertz CT molecular complexity index is 396. The zero-order valence-corrected chi connectivity index (χ0v) is 10.5. The van der Waals surface area contributed by atoms with Gasteiger partial charge in [-0.05, 0) is 38.4 Å². The molecular formula is C12H19N3O3. The summed E-state index contributed by atoms with van der Waals surface area (Å²) in [6.45, 7) is 3.49. The van der Waals surface area contributed by atoms with Gasteiger partial charge in [0.05, 0.1) is 11.5 Å². The van der Waals surface area contributed by atoms with E-state index in [4.69, 9.17) is 10.5 Å². The summed E-state index contributed by atoms with van der Waals surface area (Å²) < 4.78 is 5.26. The summed E-state index contributed by atoms with van der Waals surface area (Å²) in [5, 5.41) is 14.1. The number of hydrogen-bond donors (Lipinski definition) is 2. The molecule has 0 fully saturated rings. The van der Waals surface area contributed by atoms with Crippen molar-refractivity contribution in [1.29, 1.82) is 0 Å². The molecule has 6 heteroatoms. The van der Waals surface area contributed by atoms with Gasteiger partial charge in [-0.2, -0.15) is 0 Å². The van der Waals surface area contributed by atoms with Crippen molar-refractivity contribution in [3.63, 3.8) is 0 Å². The summed E-state index contributed by atoms with van der Waals surface area (Å²) in [6, 6.07) is 5.03. The van der Waals surface area contributed by atoms with Gasteiger partial charge in [-0.25, -0.2) is 0 Å². The van der Waals surface area contributed by atoms with E-state index >= 15 is 0 Å². The quantitative estimate of drug-likeness (QED) is 0.421. The van der Waals surface area contributed by atoms with E-state index in [-0.39, 0.29) is 5.69 Å². The summed E-state index contributed by atoms with van der Waals surface area (Å²) >= 11 is 0. The number of anilines is 1. The molecule has 0 spiro atoms. The minimum atomic E-state index is -0.420. The first-order valence-corrected chi connectivity index (χ1v) is 6.04. The average molecular weight is 253 g/mol. The number of nitrogens with one attached hydrogen (secondary N) is 1. The predicted molar refractivity (Wildman–Crippen MR) is 71.0 cm³/mol. The predicted octanol–water partition coefficient (Wildman–Crippen LogP) is 2.14. The lowest BCUT2D eigenvalue weighted by Gasteiger charge is -2.10. The van der Waals surface area contributed by atoms with Crippen molar-refractivity contribution in [3.8, 4) is 5.75 Å². The lowest BCUT2D eigenvalue weighted by molar-refractivity contribution is -0.384. The smallest absolute Gasteiger partial charge is 0.333 e. The molecule has 0 aromatic heterocycles. The summed E-state index contributed by atoms with van der Waals surface area (Å²) in [6.07, 6.45) is 1.78. The van der Waals surface area contributed by atoms with Gasteiger partial charge in [0.1, 0.15) is 5.69 Å². The minimum Gasteiger partial charge on any atom is -0.487 e. The van der Waals surface area contributed by atoms with Gasteiger partial charge in [0.25, 0.3) is 0 Å². The second kappa shape index (κ2) is 7.50. The first-order valence-electron chi connectivity index (χ1n) is 6.04. The number of nitrogens with zero attached hydrogens (tertiary/aromatic N) is 1. The van der Waals surface area contributed by atoms with Gasteiger partial charge in [0.2, 0.25) is 0 Å². The maximum Gasteiger partial charge on any atom is 0.333 e. The molecule has 0 radical (unpaired) electrons. The van der Waals surface area contributed by atoms with Crippen LogP contribution in [0.4, 0.5) is 11.4 Å². The minimum absolute atomic E-state index is 0.00732. The van der Waals surface area contributed by atoms with Gasteiger partial charge < -0.3 is 15.8 Å². The van der Waals surface area contributed by atoms with E-state index in [1.54, 1.807) is 25.1 Å². The fourth-order valence-corrected chi connectivity index (χ4v) is 1.62. The summed E-state index contributed by atoms with van der Waals surface area (Å²) in [4.78, 5) is 10.7. The number of unbranched alkanes of at least 4 members (excludes halogenated alkanes) is 1. The van der Waals surface area contributed by atoms with Crippen molar-refractivity contribution < 1.29 is 9.66 Å². The van der Waals surface area contributed by atoms with Crippen LogP contribution in [0.1, 0.15) is 19.8 Å². The van der Waals surface area contributed by atoms with Crippen LogP contribution in [-0.4, -0.2) is 24.6 Å². The molecule has 0 atom stereocenters. The molecule has 0 heterocycles. The van der Waals surface area contributed by atoms with E-state index < -0.39 is 4.92 Å².